The molecule has 8 nitrogen and oxygen atoms in total. The Morgan fingerprint density at radius 3 is 2.55 bits per heavy atom. The summed E-state index contributed by atoms with van der Waals surface area (Å²) < 4.78 is 13.4. The third-order valence-corrected chi connectivity index (χ3v) is 8.09. The number of nitrogens with zero attached hydrogens (tertiary/aromatic N) is 2. The maximum atomic E-state index is 14.0. The first-order valence-corrected chi connectivity index (χ1v) is 14.8. The first-order chi connectivity index (χ1) is 20.2. The molecule has 0 saturated carbocycles. The van der Waals surface area contributed by atoms with E-state index in [4.69, 9.17) is 14.1 Å². The van der Waals surface area contributed by atoms with Crippen LogP contribution in [0, 0.1) is 0 Å². The number of hydrogen-bond donors (Lipinski definition) is 1. The predicted molar refractivity (Wildman–Crippen MR) is 161 cm³/mol. The van der Waals surface area contributed by atoms with Gasteiger partial charge in [0.15, 0.2) is 4.80 Å². The fourth-order valence-electron chi connectivity index (χ4n) is 5.02. The van der Waals surface area contributed by atoms with E-state index in [0.717, 1.165) is 17.5 Å². The summed E-state index contributed by atoms with van der Waals surface area (Å²) in [6.45, 7) is 8.22. The number of carbonyl (C=O) groups is 2. The van der Waals surface area contributed by atoms with E-state index in [1.807, 2.05) is 31.2 Å². The molecule has 1 aliphatic rings. The highest BCUT2D eigenvalue weighted by atomic mass is 32.1. The average Bonchev–Trinajstić information content (AvgIpc) is 3.57. The SMILES string of the molecule is CCCC1=C(C(=O)OCC)C(c2ccc(C(C)C)cc2)n2c(s/c(=C\c3ccc(-c4cccc(C(=O)O)c4)o3)c2=O)=N1. The molecule has 216 valence electrons. The Bertz CT molecular complexity index is 1860. The van der Waals surface area contributed by atoms with E-state index in [9.17, 15) is 19.5 Å². The number of ether oxygens (including phenoxy) is 1. The third kappa shape index (κ3) is 5.65. The summed E-state index contributed by atoms with van der Waals surface area (Å²) in [6.07, 6.45) is 2.99. The van der Waals surface area contributed by atoms with Crippen LogP contribution in [0.5, 0.6) is 0 Å². The number of aromatic carboxylic acids is 1. The van der Waals surface area contributed by atoms with Gasteiger partial charge in [-0.1, -0.05) is 74.9 Å². The molecule has 1 N–H and O–H groups in total. The van der Waals surface area contributed by atoms with Gasteiger partial charge >= 0.3 is 11.9 Å². The molecule has 0 aliphatic carbocycles. The van der Waals surface area contributed by atoms with Gasteiger partial charge in [-0.3, -0.25) is 9.36 Å². The lowest BCUT2D eigenvalue weighted by atomic mass is 9.92. The fraction of sp³-hybridized carbons (Fsp3) is 0.273. The van der Waals surface area contributed by atoms with Crippen LogP contribution >= 0.6 is 11.3 Å². The molecule has 1 atom stereocenters. The minimum atomic E-state index is -1.03. The molecule has 1 unspecified atom stereocenters. The molecular weight excluding hydrogens is 552 g/mol. The van der Waals surface area contributed by atoms with E-state index >= 15 is 0 Å². The summed E-state index contributed by atoms with van der Waals surface area (Å²) in [4.78, 5) is 44.0. The maximum absolute atomic E-state index is 14.0. The Labute approximate surface area is 246 Å². The van der Waals surface area contributed by atoms with Crippen LogP contribution in [-0.4, -0.2) is 28.2 Å². The zero-order chi connectivity index (χ0) is 30.0. The van der Waals surface area contributed by atoms with Crippen molar-refractivity contribution in [2.75, 3.05) is 6.61 Å². The van der Waals surface area contributed by atoms with E-state index in [2.05, 4.69) is 13.8 Å². The molecule has 0 radical (unpaired) electrons. The molecule has 0 fully saturated rings. The number of fused-ring (bicyclic) bond motifs is 1. The van der Waals surface area contributed by atoms with Gasteiger partial charge in [-0.25, -0.2) is 14.6 Å². The van der Waals surface area contributed by atoms with Gasteiger partial charge in [-0.15, -0.1) is 0 Å². The molecule has 0 bridgehead atoms. The van der Waals surface area contributed by atoms with Crippen molar-refractivity contribution in [3.63, 3.8) is 0 Å². The Morgan fingerprint density at radius 1 is 1.12 bits per heavy atom. The lowest BCUT2D eigenvalue weighted by Crippen LogP contribution is -2.40. The molecular formula is C33H32N2O6S. The summed E-state index contributed by atoms with van der Waals surface area (Å²) in [6, 6.07) is 17.2. The van der Waals surface area contributed by atoms with Gasteiger partial charge in [0.25, 0.3) is 5.56 Å². The van der Waals surface area contributed by atoms with Crippen LogP contribution < -0.4 is 14.9 Å². The van der Waals surface area contributed by atoms with Gasteiger partial charge in [0.2, 0.25) is 0 Å². The van der Waals surface area contributed by atoms with E-state index in [0.29, 0.717) is 50.0 Å². The summed E-state index contributed by atoms with van der Waals surface area (Å²) in [7, 11) is 0. The second kappa shape index (κ2) is 12.2. The number of esters is 1. The molecule has 0 spiro atoms. The molecule has 2 aromatic heterocycles. The average molecular weight is 585 g/mol. The highest BCUT2D eigenvalue weighted by molar-refractivity contribution is 7.07. The predicted octanol–water partition coefficient (Wildman–Crippen LogP) is 5.66. The van der Waals surface area contributed by atoms with Crippen molar-refractivity contribution in [2.24, 2.45) is 4.99 Å². The highest BCUT2D eigenvalue weighted by Gasteiger charge is 2.34. The number of hydrogen-bond acceptors (Lipinski definition) is 7. The van der Waals surface area contributed by atoms with E-state index in [-0.39, 0.29) is 17.7 Å². The zero-order valence-electron chi connectivity index (χ0n) is 23.9. The molecule has 3 heterocycles. The summed E-state index contributed by atoms with van der Waals surface area (Å²) in [5, 5.41) is 9.33. The number of benzene rings is 2. The maximum Gasteiger partial charge on any atom is 0.338 e. The second-order valence-electron chi connectivity index (χ2n) is 10.3. The van der Waals surface area contributed by atoms with Crippen LogP contribution in [0.3, 0.4) is 0 Å². The molecule has 2 aromatic carbocycles. The highest BCUT2D eigenvalue weighted by Crippen LogP contribution is 2.33. The van der Waals surface area contributed by atoms with Crippen LogP contribution in [0.25, 0.3) is 17.4 Å². The monoisotopic (exact) mass is 584 g/mol. The van der Waals surface area contributed by atoms with Crippen LogP contribution in [0.15, 0.2) is 86.1 Å². The Morgan fingerprint density at radius 2 is 1.88 bits per heavy atom. The van der Waals surface area contributed by atoms with Crippen molar-refractivity contribution in [3.05, 3.63) is 114 Å². The second-order valence-corrected chi connectivity index (χ2v) is 11.3. The summed E-state index contributed by atoms with van der Waals surface area (Å²) >= 11 is 1.24. The van der Waals surface area contributed by atoms with Gasteiger partial charge in [0.1, 0.15) is 11.5 Å². The molecule has 1 aliphatic heterocycles. The van der Waals surface area contributed by atoms with Crippen molar-refractivity contribution in [2.45, 2.75) is 52.5 Å². The standard InChI is InChI=1S/C33H32N2O6S/c1-5-8-25-28(32(39)40-6-2)29(21-13-11-20(12-14-21)19(3)4)35-30(36)27(42-33(35)34-25)18-24-15-16-26(41-24)22-9-7-10-23(17-22)31(37)38/h7,9-19,29H,5-6,8H2,1-4H3,(H,37,38)/b27-18-. The van der Waals surface area contributed by atoms with E-state index in [1.165, 1.54) is 23.5 Å². The number of carboxylic acids is 1. The molecule has 0 amide bonds. The largest absolute Gasteiger partial charge is 0.478 e. The molecule has 9 heteroatoms. The molecule has 42 heavy (non-hydrogen) atoms. The Balaban J connectivity index is 1.65. The van der Waals surface area contributed by atoms with Crippen molar-refractivity contribution >= 4 is 29.4 Å². The normalized spacial score (nSPS) is 15.1. The van der Waals surface area contributed by atoms with Gasteiger partial charge in [0, 0.05) is 11.6 Å². The van der Waals surface area contributed by atoms with E-state index in [1.54, 1.807) is 41.8 Å². The molecule has 4 aromatic rings. The lowest BCUT2D eigenvalue weighted by Gasteiger charge is -2.26. The number of rotatable bonds is 9. The summed E-state index contributed by atoms with van der Waals surface area (Å²) in [5.74, 6) is -0.247. The first-order valence-electron chi connectivity index (χ1n) is 14.0. The van der Waals surface area contributed by atoms with E-state index < -0.39 is 18.0 Å². The van der Waals surface area contributed by atoms with Crippen LogP contribution in [0.1, 0.15) is 79.7 Å². The van der Waals surface area contributed by atoms with Crippen molar-refractivity contribution in [1.29, 1.82) is 0 Å². The number of carbonyl (C=O) groups excluding carboxylic acids is 1. The van der Waals surface area contributed by atoms with Gasteiger partial charge in [-0.05, 0) is 54.7 Å². The minimum Gasteiger partial charge on any atom is -0.478 e. The lowest BCUT2D eigenvalue weighted by molar-refractivity contribution is -0.139. The molecule has 5 rings (SSSR count). The van der Waals surface area contributed by atoms with Crippen LogP contribution in [0.2, 0.25) is 0 Å². The third-order valence-electron chi connectivity index (χ3n) is 7.11. The van der Waals surface area contributed by atoms with Crippen molar-refractivity contribution in [1.82, 2.24) is 4.57 Å². The van der Waals surface area contributed by atoms with Crippen LogP contribution in [-0.2, 0) is 9.53 Å². The summed E-state index contributed by atoms with van der Waals surface area (Å²) in [5.41, 5.74) is 3.44. The van der Waals surface area contributed by atoms with Crippen LogP contribution in [0.4, 0.5) is 0 Å². The quantitative estimate of drug-likeness (QED) is 0.254. The Kier molecular flexibility index (Phi) is 8.40. The number of allylic oxidation sites excluding steroid dienone is 1. The zero-order valence-corrected chi connectivity index (χ0v) is 24.7. The van der Waals surface area contributed by atoms with Crippen molar-refractivity contribution < 1.29 is 23.8 Å². The number of carboxylic acid groups (broad SMARTS) is 1. The van der Waals surface area contributed by atoms with Gasteiger partial charge in [0.05, 0.1) is 34.0 Å². The number of thiazole rings is 1. The minimum absolute atomic E-state index is 0.153. The van der Waals surface area contributed by atoms with Crippen molar-refractivity contribution in [3.8, 4) is 11.3 Å². The Hall–Kier alpha value is -4.50. The van der Waals surface area contributed by atoms with Gasteiger partial charge < -0.3 is 14.3 Å². The fourth-order valence-corrected chi connectivity index (χ4v) is 6.02. The van der Waals surface area contributed by atoms with Gasteiger partial charge in [-0.2, -0.15) is 0 Å². The first kappa shape index (κ1) is 29.0. The number of aromatic nitrogens is 1. The smallest absolute Gasteiger partial charge is 0.338 e. The number of furan rings is 1. The topological polar surface area (TPSA) is 111 Å². The molecule has 0 saturated heterocycles.